The van der Waals surface area contributed by atoms with E-state index in [1.54, 1.807) is 0 Å². The van der Waals surface area contributed by atoms with Gasteiger partial charge in [-0.3, -0.25) is 0 Å². The first-order chi connectivity index (χ1) is 9.72. The Bertz CT molecular complexity index is 404. The molecule has 0 saturated heterocycles. The molecule has 0 radical (unpaired) electrons. The average molecular weight is 275 g/mol. The summed E-state index contributed by atoms with van der Waals surface area (Å²) in [7, 11) is 0. The van der Waals surface area contributed by atoms with E-state index in [-0.39, 0.29) is 0 Å². The Balaban J connectivity index is 2.05. The Morgan fingerprint density at radius 1 is 1.20 bits per heavy atom. The third-order valence-corrected chi connectivity index (χ3v) is 4.51. The summed E-state index contributed by atoms with van der Waals surface area (Å²) in [5.41, 5.74) is 1.28. The van der Waals surface area contributed by atoms with E-state index in [0.29, 0.717) is 12.1 Å². The molecule has 0 aromatic heterocycles. The Kier molecular flexibility index (Phi) is 5.90. The van der Waals surface area contributed by atoms with E-state index < -0.39 is 0 Å². The molecule has 0 heterocycles. The molecule has 20 heavy (non-hydrogen) atoms. The molecule has 2 heteroatoms. The number of rotatable bonds is 5. The van der Waals surface area contributed by atoms with Crippen molar-refractivity contribution in [2.45, 2.75) is 65.0 Å². The van der Waals surface area contributed by atoms with E-state index in [9.17, 15) is 0 Å². The third kappa shape index (κ3) is 3.99. The van der Waals surface area contributed by atoms with Crippen LogP contribution in [0.4, 0.5) is 0 Å². The maximum absolute atomic E-state index is 5.76. The molecule has 112 valence electrons. The lowest BCUT2D eigenvalue weighted by atomic mass is 9.95. The molecule has 3 unspecified atom stereocenters. The van der Waals surface area contributed by atoms with Crippen molar-refractivity contribution in [3.8, 4) is 5.75 Å². The minimum atomic E-state index is 0.350. The number of hydrogen-bond donors (Lipinski definition) is 1. The van der Waals surface area contributed by atoms with Crippen molar-refractivity contribution in [1.29, 1.82) is 0 Å². The van der Waals surface area contributed by atoms with Gasteiger partial charge in [-0.1, -0.05) is 44.4 Å². The molecule has 0 aliphatic heterocycles. The predicted octanol–water partition coefficient (Wildman–Crippen LogP) is 4.70. The van der Waals surface area contributed by atoms with Gasteiger partial charge in [0.2, 0.25) is 0 Å². The lowest BCUT2D eigenvalue weighted by Gasteiger charge is -2.28. The number of benzene rings is 1. The van der Waals surface area contributed by atoms with Gasteiger partial charge in [0.1, 0.15) is 5.75 Å². The van der Waals surface area contributed by atoms with Gasteiger partial charge >= 0.3 is 0 Å². The summed E-state index contributed by atoms with van der Waals surface area (Å²) >= 11 is 0. The Morgan fingerprint density at radius 2 is 1.95 bits per heavy atom. The van der Waals surface area contributed by atoms with Crippen LogP contribution in [0.1, 0.15) is 64.5 Å². The SMILES string of the molecule is CCOc1ccccc1C(C)NC1CCCCCC1C. The van der Waals surface area contributed by atoms with Crippen molar-refractivity contribution in [2.75, 3.05) is 6.61 Å². The fourth-order valence-corrected chi connectivity index (χ4v) is 3.28. The highest BCUT2D eigenvalue weighted by Gasteiger charge is 2.22. The van der Waals surface area contributed by atoms with Gasteiger partial charge < -0.3 is 10.1 Å². The topological polar surface area (TPSA) is 21.3 Å². The maximum atomic E-state index is 5.76. The summed E-state index contributed by atoms with van der Waals surface area (Å²) in [6, 6.07) is 9.41. The van der Waals surface area contributed by atoms with Crippen LogP contribution in [0.15, 0.2) is 24.3 Å². The summed E-state index contributed by atoms with van der Waals surface area (Å²) < 4.78 is 5.76. The average Bonchev–Trinajstić information content (AvgIpc) is 2.65. The van der Waals surface area contributed by atoms with Crippen LogP contribution in [0.5, 0.6) is 5.75 Å². The Hall–Kier alpha value is -1.02. The minimum Gasteiger partial charge on any atom is -0.494 e. The van der Waals surface area contributed by atoms with E-state index in [0.717, 1.165) is 18.3 Å². The van der Waals surface area contributed by atoms with Gasteiger partial charge in [0.05, 0.1) is 6.61 Å². The highest BCUT2D eigenvalue weighted by atomic mass is 16.5. The fourth-order valence-electron chi connectivity index (χ4n) is 3.28. The molecule has 1 aromatic rings. The number of nitrogens with one attached hydrogen (secondary N) is 1. The van der Waals surface area contributed by atoms with Crippen molar-refractivity contribution in [3.05, 3.63) is 29.8 Å². The van der Waals surface area contributed by atoms with Crippen molar-refractivity contribution in [1.82, 2.24) is 5.32 Å². The molecular weight excluding hydrogens is 246 g/mol. The van der Waals surface area contributed by atoms with Gasteiger partial charge in [0, 0.05) is 17.6 Å². The molecule has 3 atom stereocenters. The molecule has 1 fully saturated rings. The Labute approximate surface area is 123 Å². The second kappa shape index (κ2) is 7.68. The highest BCUT2D eigenvalue weighted by molar-refractivity contribution is 5.35. The summed E-state index contributed by atoms with van der Waals surface area (Å²) in [5, 5.41) is 3.84. The van der Waals surface area contributed by atoms with Gasteiger partial charge in [0.25, 0.3) is 0 Å². The van der Waals surface area contributed by atoms with Crippen LogP contribution in [0.25, 0.3) is 0 Å². The smallest absolute Gasteiger partial charge is 0.124 e. The molecule has 2 nitrogen and oxygen atoms in total. The standard InChI is InChI=1S/C18H29NO/c1-4-20-18-13-9-8-11-16(18)15(3)19-17-12-7-5-6-10-14(17)2/h8-9,11,13-15,17,19H,4-7,10,12H2,1-3H3. The highest BCUT2D eigenvalue weighted by Crippen LogP contribution is 2.29. The van der Waals surface area contributed by atoms with Crippen molar-refractivity contribution in [3.63, 3.8) is 0 Å². The van der Waals surface area contributed by atoms with Gasteiger partial charge in [-0.2, -0.15) is 0 Å². The predicted molar refractivity (Wildman–Crippen MR) is 85.2 cm³/mol. The van der Waals surface area contributed by atoms with Crippen molar-refractivity contribution < 1.29 is 4.74 Å². The maximum Gasteiger partial charge on any atom is 0.124 e. The monoisotopic (exact) mass is 275 g/mol. The Morgan fingerprint density at radius 3 is 2.75 bits per heavy atom. The molecule has 1 N–H and O–H groups in total. The second-order valence-corrected chi connectivity index (χ2v) is 6.08. The van der Waals surface area contributed by atoms with Crippen molar-refractivity contribution >= 4 is 0 Å². The van der Waals surface area contributed by atoms with Crippen LogP contribution >= 0.6 is 0 Å². The molecular formula is C18H29NO. The normalized spacial score (nSPS) is 24.9. The lowest BCUT2D eigenvalue weighted by molar-refractivity contribution is 0.311. The third-order valence-electron chi connectivity index (χ3n) is 4.51. The van der Waals surface area contributed by atoms with E-state index in [1.165, 1.54) is 37.7 Å². The molecule has 1 aliphatic rings. The molecule has 0 amide bonds. The van der Waals surface area contributed by atoms with E-state index >= 15 is 0 Å². The zero-order valence-electron chi connectivity index (χ0n) is 13.2. The van der Waals surface area contributed by atoms with Gasteiger partial charge in [-0.05, 0) is 38.7 Å². The van der Waals surface area contributed by atoms with Gasteiger partial charge in [0.15, 0.2) is 0 Å². The first-order valence-corrected chi connectivity index (χ1v) is 8.20. The number of hydrogen-bond acceptors (Lipinski definition) is 2. The summed E-state index contributed by atoms with van der Waals surface area (Å²) in [6.45, 7) is 7.42. The molecule has 1 saturated carbocycles. The van der Waals surface area contributed by atoms with Crippen LogP contribution in [0.2, 0.25) is 0 Å². The zero-order chi connectivity index (χ0) is 14.4. The van der Waals surface area contributed by atoms with Gasteiger partial charge in [-0.25, -0.2) is 0 Å². The minimum absolute atomic E-state index is 0.350. The molecule has 1 aliphatic carbocycles. The quantitative estimate of drug-likeness (QED) is 0.786. The van der Waals surface area contributed by atoms with Crippen molar-refractivity contribution in [2.24, 2.45) is 5.92 Å². The first-order valence-electron chi connectivity index (χ1n) is 8.20. The van der Waals surface area contributed by atoms with E-state index in [4.69, 9.17) is 4.74 Å². The fraction of sp³-hybridized carbons (Fsp3) is 0.667. The molecule has 0 spiro atoms. The summed E-state index contributed by atoms with van der Waals surface area (Å²) in [5.74, 6) is 1.80. The van der Waals surface area contributed by atoms with Crippen LogP contribution in [-0.2, 0) is 0 Å². The molecule has 1 aromatic carbocycles. The number of ether oxygens (including phenoxy) is 1. The lowest BCUT2D eigenvalue weighted by Crippen LogP contribution is -2.36. The molecule has 2 rings (SSSR count). The zero-order valence-corrected chi connectivity index (χ0v) is 13.2. The van der Waals surface area contributed by atoms with E-state index in [1.807, 2.05) is 6.92 Å². The van der Waals surface area contributed by atoms with Crippen LogP contribution in [-0.4, -0.2) is 12.6 Å². The van der Waals surface area contributed by atoms with Crippen LogP contribution in [0.3, 0.4) is 0 Å². The summed E-state index contributed by atoms with van der Waals surface area (Å²) in [4.78, 5) is 0. The summed E-state index contributed by atoms with van der Waals surface area (Å²) in [6.07, 6.45) is 6.82. The van der Waals surface area contributed by atoms with Gasteiger partial charge in [-0.15, -0.1) is 0 Å². The largest absolute Gasteiger partial charge is 0.494 e. The molecule has 0 bridgehead atoms. The van der Waals surface area contributed by atoms with E-state index in [2.05, 4.69) is 43.4 Å². The second-order valence-electron chi connectivity index (χ2n) is 6.08. The number of para-hydroxylation sites is 1. The first kappa shape index (κ1) is 15.4. The van der Waals surface area contributed by atoms with Crippen LogP contribution < -0.4 is 10.1 Å². The van der Waals surface area contributed by atoms with Crippen LogP contribution in [0, 0.1) is 5.92 Å².